The van der Waals surface area contributed by atoms with Gasteiger partial charge in [0.2, 0.25) is 5.88 Å². The van der Waals surface area contributed by atoms with Gasteiger partial charge >= 0.3 is 0 Å². The molecule has 0 bridgehead atoms. The van der Waals surface area contributed by atoms with Crippen LogP contribution in [0.25, 0.3) is 11.4 Å². The molecule has 28 heavy (non-hydrogen) atoms. The van der Waals surface area contributed by atoms with Gasteiger partial charge in [0.05, 0.1) is 19.3 Å². The number of benzene rings is 1. The van der Waals surface area contributed by atoms with Crippen molar-refractivity contribution in [3.8, 4) is 23.0 Å². The third-order valence-electron chi connectivity index (χ3n) is 5.25. The number of nitrogens with zero attached hydrogens (tertiary/aromatic N) is 2. The van der Waals surface area contributed by atoms with Crippen molar-refractivity contribution in [3.05, 3.63) is 34.5 Å². The summed E-state index contributed by atoms with van der Waals surface area (Å²) < 4.78 is 11.5. The van der Waals surface area contributed by atoms with Crippen LogP contribution in [0.1, 0.15) is 48.6 Å². The molecule has 1 fully saturated rings. The van der Waals surface area contributed by atoms with Gasteiger partial charge in [-0.15, -0.1) is 0 Å². The van der Waals surface area contributed by atoms with Gasteiger partial charge in [0.25, 0.3) is 0 Å². The second kappa shape index (κ2) is 9.37. The van der Waals surface area contributed by atoms with Crippen molar-refractivity contribution >= 4 is 0 Å². The van der Waals surface area contributed by atoms with E-state index in [1.54, 1.807) is 7.11 Å². The molecule has 5 nitrogen and oxygen atoms in total. The maximum atomic E-state index is 5.88. The minimum atomic E-state index is 0.609. The lowest BCUT2D eigenvalue weighted by Gasteiger charge is -2.16. The molecule has 0 saturated heterocycles. The highest BCUT2D eigenvalue weighted by Crippen LogP contribution is 2.34. The quantitative estimate of drug-likeness (QED) is 0.616. The van der Waals surface area contributed by atoms with Crippen LogP contribution < -0.4 is 14.8 Å². The van der Waals surface area contributed by atoms with Gasteiger partial charge in [0.15, 0.2) is 5.82 Å². The highest BCUT2D eigenvalue weighted by atomic mass is 16.5. The summed E-state index contributed by atoms with van der Waals surface area (Å²) >= 11 is 0. The number of hydrogen-bond donors (Lipinski definition) is 1. The first kappa shape index (κ1) is 20.6. The Balaban J connectivity index is 1.82. The molecule has 3 rings (SSSR count). The molecule has 1 aromatic heterocycles. The van der Waals surface area contributed by atoms with Gasteiger partial charge in [-0.25, -0.2) is 4.98 Å². The molecule has 1 heterocycles. The minimum Gasteiger partial charge on any atom is -0.493 e. The van der Waals surface area contributed by atoms with Crippen LogP contribution >= 0.6 is 0 Å². The summed E-state index contributed by atoms with van der Waals surface area (Å²) in [6.07, 6.45) is 4.74. The Hall–Kier alpha value is -2.14. The summed E-state index contributed by atoms with van der Waals surface area (Å²) in [6.45, 7) is 11.0. The number of ether oxygens (including phenoxy) is 2. The highest BCUT2D eigenvalue weighted by molar-refractivity contribution is 5.70. The predicted octanol–water partition coefficient (Wildman–Crippen LogP) is 4.41. The standard InChI is InChI=1S/C23H33N3O2/c1-6-28-20-13-15(2)12-16(3)21(20)22-25-17(4)19(23(26-22)27-5)8-7-11-24-14-18-9-10-18/h12-13,18,24H,6-11,14H2,1-5H3. The van der Waals surface area contributed by atoms with E-state index >= 15 is 0 Å². The van der Waals surface area contributed by atoms with E-state index in [-0.39, 0.29) is 0 Å². The second-order valence-corrected chi connectivity index (χ2v) is 7.76. The molecule has 1 saturated carbocycles. The lowest BCUT2D eigenvalue weighted by Crippen LogP contribution is -2.19. The normalized spacial score (nSPS) is 13.6. The summed E-state index contributed by atoms with van der Waals surface area (Å²) in [5.41, 5.74) is 5.31. The molecule has 0 amide bonds. The van der Waals surface area contributed by atoms with Gasteiger partial charge < -0.3 is 14.8 Å². The molecule has 0 spiro atoms. The smallest absolute Gasteiger partial charge is 0.220 e. The molecule has 1 aromatic carbocycles. The third-order valence-corrected chi connectivity index (χ3v) is 5.25. The Kier molecular flexibility index (Phi) is 6.89. The van der Waals surface area contributed by atoms with Crippen LogP contribution in [0.4, 0.5) is 0 Å². The second-order valence-electron chi connectivity index (χ2n) is 7.76. The van der Waals surface area contributed by atoms with E-state index in [0.29, 0.717) is 18.3 Å². The molecule has 2 aromatic rings. The zero-order valence-electron chi connectivity index (χ0n) is 17.9. The van der Waals surface area contributed by atoms with Crippen molar-refractivity contribution in [3.63, 3.8) is 0 Å². The van der Waals surface area contributed by atoms with Crippen LogP contribution in [0.2, 0.25) is 0 Å². The molecule has 1 aliphatic rings. The van der Waals surface area contributed by atoms with Gasteiger partial charge in [-0.1, -0.05) is 6.07 Å². The third kappa shape index (κ3) is 5.02. The summed E-state index contributed by atoms with van der Waals surface area (Å²) in [5, 5.41) is 3.55. The van der Waals surface area contributed by atoms with Crippen LogP contribution in [0.15, 0.2) is 12.1 Å². The molecular weight excluding hydrogens is 350 g/mol. The van der Waals surface area contributed by atoms with Gasteiger partial charge in [-0.2, -0.15) is 4.98 Å². The first-order chi connectivity index (χ1) is 13.5. The SMILES string of the molecule is CCOc1cc(C)cc(C)c1-c1nc(C)c(CCCNCC2CC2)c(OC)n1. The molecule has 0 unspecified atom stereocenters. The highest BCUT2D eigenvalue weighted by Gasteiger charge is 2.21. The monoisotopic (exact) mass is 383 g/mol. The van der Waals surface area contributed by atoms with E-state index in [9.17, 15) is 0 Å². The Bertz CT molecular complexity index is 816. The van der Waals surface area contributed by atoms with E-state index in [2.05, 4.69) is 31.3 Å². The zero-order chi connectivity index (χ0) is 20.1. The Labute approximate surface area is 168 Å². The largest absolute Gasteiger partial charge is 0.493 e. The van der Waals surface area contributed by atoms with E-state index in [1.165, 1.54) is 18.4 Å². The number of rotatable bonds is 10. The molecule has 0 radical (unpaired) electrons. The van der Waals surface area contributed by atoms with E-state index in [4.69, 9.17) is 19.4 Å². The number of methoxy groups -OCH3 is 1. The molecule has 1 aliphatic carbocycles. The van der Waals surface area contributed by atoms with Crippen LogP contribution in [0, 0.1) is 26.7 Å². The Morgan fingerprint density at radius 1 is 1.14 bits per heavy atom. The number of hydrogen-bond acceptors (Lipinski definition) is 5. The summed E-state index contributed by atoms with van der Waals surface area (Å²) in [6, 6.07) is 4.19. The number of nitrogens with one attached hydrogen (secondary N) is 1. The topological polar surface area (TPSA) is 56.3 Å². The van der Waals surface area contributed by atoms with Crippen molar-refractivity contribution in [2.45, 2.75) is 53.4 Å². The first-order valence-corrected chi connectivity index (χ1v) is 10.4. The molecule has 152 valence electrons. The first-order valence-electron chi connectivity index (χ1n) is 10.4. The van der Waals surface area contributed by atoms with Crippen molar-refractivity contribution < 1.29 is 9.47 Å². The Morgan fingerprint density at radius 3 is 2.61 bits per heavy atom. The van der Waals surface area contributed by atoms with Gasteiger partial charge in [0.1, 0.15) is 5.75 Å². The van der Waals surface area contributed by atoms with E-state index in [1.807, 2.05) is 13.8 Å². The van der Waals surface area contributed by atoms with Gasteiger partial charge in [0, 0.05) is 11.3 Å². The Morgan fingerprint density at radius 2 is 1.93 bits per heavy atom. The van der Waals surface area contributed by atoms with Gasteiger partial charge in [-0.05, 0) is 89.6 Å². The maximum Gasteiger partial charge on any atom is 0.220 e. The lowest BCUT2D eigenvalue weighted by molar-refractivity contribution is 0.341. The van der Waals surface area contributed by atoms with Crippen LogP contribution in [-0.2, 0) is 6.42 Å². The summed E-state index contributed by atoms with van der Waals surface area (Å²) in [5.74, 6) is 3.09. The molecule has 0 aliphatic heterocycles. The van der Waals surface area contributed by atoms with Crippen LogP contribution in [0.5, 0.6) is 11.6 Å². The van der Waals surface area contributed by atoms with Gasteiger partial charge in [-0.3, -0.25) is 0 Å². The average molecular weight is 384 g/mol. The fourth-order valence-corrected chi connectivity index (χ4v) is 3.64. The van der Waals surface area contributed by atoms with Crippen molar-refractivity contribution in [1.82, 2.24) is 15.3 Å². The predicted molar refractivity (Wildman–Crippen MR) is 113 cm³/mol. The fraction of sp³-hybridized carbons (Fsp3) is 0.565. The fourth-order valence-electron chi connectivity index (χ4n) is 3.64. The lowest BCUT2D eigenvalue weighted by atomic mass is 10.0. The van der Waals surface area contributed by atoms with E-state index < -0.39 is 0 Å². The summed E-state index contributed by atoms with van der Waals surface area (Å²) in [4.78, 5) is 9.59. The van der Waals surface area contributed by atoms with Crippen molar-refractivity contribution in [2.75, 3.05) is 26.8 Å². The molecule has 5 heteroatoms. The summed E-state index contributed by atoms with van der Waals surface area (Å²) in [7, 11) is 1.69. The zero-order valence-corrected chi connectivity index (χ0v) is 17.9. The number of aryl methyl sites for hydroxylation is 3. The van der Waals surface area contributed by atoms with Crippen LogP contribution in [-0.4, -0.2) is 36.8 Å². The molecular formula is C23H33N3O2. The van der Waals surface area contributed by atoms with E-state index in [0.717, 1.165) is 60.0 Å². The minimum absolute atomic E-state index is 0.609. The van der Waals surface area contributed by atoms with Crippen molar-refractivity contribution in [1.29, 1.82) is 0 Å². The molecule has 0 atom stereocenters. The molecule has 1 N–H and O–H groups in total. The van der Waals surface area contributed by atoms with Crippen LogP contribution in [0.3, 0.4) is 0 Å². The van der Waals surface area contributed by atoms with Crippen molar-refractivity contribution in [2.24, 2.45) is 5.92 Å². The maximum absolute atomic E-state index is 5.88. The number of aromatic nitrogens is 2. The average Bonchev–Trinajstić information content (AvgIpc) is 3.46.